The lowest BCUT2D eigenvalue weighted by molar-refractivity contribution is 0.0933. The predicted octanol–water partition coefficient (Wildman–Crippen LogP) is 0.527. The lowest BCUT2D eigenvalue weighted by Gasteiger charge is -2.13. The number of aromatic nitrogens is 4. The van der Waals surface area contributed by atoms with Crippen molar-refractivity contribution in [2.75, 3.05) is 6.61 Å². The van der Waals surface area contributed by atoms with Gasteiger partial charge in [-0.25, -0.2) is 9.78 Å². The molecule has 2 aromatic heterocycles. The van der Waals surface area contributed by atoms with Crippen molar-refractivity contribution in [3.8, 4) is 5.75 Å². The van der Waals surface area contributed by atoms with Gasteiger partial charge in [0.05, 0.1) is 12.9 Å². The first-order valence-electron chi connectivity index (χ1n) is 7.55. The largest absolute Gasteiger partial charge is 0.491 e. The van der Waals surface area contributed by atoms with E-state index in [1.54, 1.807) is 31.3 Å². The summed E-state index contributed by atoms with van der Waals surface area (Å²) in [6, 6.07) is 6.79. The summed E-state index contributed by atoms with van der Waals surface area (Å²) in [6.45, 7) is 0.144. The summed E-state index contributed by atoms with van der Waals surface area (Å²) in [7, 11) is 2.95. The number of hydrogen-bond acceptors (Lipinski definition) is 5. The number of rotatable bonds is 5. The molecule has 0 radical (unpaired) electrons. The normalized spacial score (nSPS) is 12.5. The SMILES string of the molecule is Cn1c(=O)c2c(ncn2CC(O)COc2ccc(Cl)cc2)n(C)c1=O. The van der Waals surface area contributed by atoms with E-state index in [-0.39, 0.29) is 24.3 Å². The topological polar surface area (TPSA) is 91.3 Å². The number of aliphatic hydroxyl groups excluding tert-OH is 1. The Morgan fingerprint density at radius 2 is 1.88 bits per heavy atom. The first-order chi connectivity index (χ1) is 11.9. The van der Waals surface area contributed by atoms with Gasteiger partial charge >= 0.3 is 5.69 Å². The highest BCUT2D eigenvalue weighted by atomic mass is 35.5. The molecule has 8 nitrogen and oxygen atoms in total. The minimum absolute atomic E-state index is 0.0351. The van der Waals surface area contributed by atoms with Crippen LogP contribution in [0.4, 0.5) is 0 Å². The molecule has 25 heavy (non-hydrogen) atoms. The number of aryl methyl sites for hydroxylation is 1. The number of halogens is 1. The second kappa shape index (κ2) is 6.73. The Bertz CT molecular complexity index is 1020. The van der Waals surface area contributed by atoms with Gasteiger partial charge in [-0.2, -0.15) is 0 Å². The van der Waals surface area contributed by atoms with Crippen LogP contribution in [0.3, 0.4) is 0 Å². The summed E-state index contributed by atoms with van der Waals surface area (Å²) in [6.07, 6.45) is 0.562. The van der Waals surface area contributed by atoms with Crippen LogP contribution in [0, 0.1) is 0 Å². The van der Waals surface area contributed by atoms with Crippen LogP contribution in [0.25, 0.3) is 11.2 Å². The molecule has 1 atom stereocenters. The van der Waals surface area contributed by atoms with Crippen LogP contribution in [-0.4, -0.2) is 36.5 Å². The molecule has 0 aliphatic rings. The average molecular weight is 365 g/mol. The lowest BCUT2D eigenvalue weighted by atomic mass is 10.3. The van der Waals surface area contributed by atoms with Crippen molar-refractivity contribution in [2.45, 2.75) is 12.6 Å². The van der Waals surface area contributed by atoms with E-state index in [1.165, 1.54) is 22.5 Å². The molecule has 0 bridgehead atoms. The molecule has 0 saturated carbocycles. The van der Waals surface area contributed by atoms with Gasteiger partial charge < -0.3 is 14.4 Å². The molecule has 0 spiro atoms. The Labute approximate surface area is 147 Å². The number of nitrogens with zero attached hydrogens (tertiary/aromatic N) is 4. The maximum Gasteiger partial charge on any atom is 0.332 e. The van der Waals surface area contributed by atoms with Crippen LogP contribution in [0.15, 0.2) is 40.2 Å². The van der Waals surface area contributed by atoms with Gasteiger partial charge in [0.2, 0.25) is 0 Å². The first-order valence-corrected chi connectivity index (χ1v) is 7.93. The maximum atomic E-state index is 12.3. The van der Waals surface area contributed by atoms with E-state index in [2.05, 4.69) is 4.98 Å². The van der Waals surface area contributed by atoms with E-state index >= 15 is 0 Å². The third-order valence-corrected chi connectivity index (χ3v) is 4.13. The molecule has 0 amide bonds. The van der Waals surface area contributed by atoms with Gasteiger partial charge in [0.15, 0.2) is 11.2 Å². The summed E-state index contributed by atoms with van der Waals surface area (Å²) < 4.78 is 9.33. The Morgan fingerprint density at radius 3 is 2.56 bits per heavy atom. The molecule has 1 unspecified atom stereocenters. The Kier molecular flexibility index (Phi) is 4.65. The smallest absolute Gasteiger partial charge is 0.332 e. The van der Waals surface area contributed by atoms with Gasteiger partial charge in [0.1, 0.15) is 18.5 Å². The maximum absolute atomic E-state index is 12.3. The van der Waals surface area contributed by atoms with E-state index in [0.717, 1.165) is 4.57 Å². The van der Waals surface area contributed by atoms with Crippen LogP contribution >= 0.6 is 11.6 Å². The fraction of sp³-hybridized carbons (Fsp3) is 0.312. The average Bonchev–Trinajstić information content (AvgIpc) is 3.01. The number of imidazole rings is 1. The van der Waals surface area contributed by atoms with Crippen LogP contribution in [0.2, 0.25) is 5.02 Å². The van der Waals surface area contributed by atoms with Gasteiger partial charge in [-0.05, 0) is 24.3 Å². The summed E-state index contributed by atoms with van der Waals surface area (Å²) in [5, 5.41) is 10.8. The van der Waals surface area contributed by atoms with E-state index in [1.807, 2.05) is 0 Å². The van der Waals surface area contributed by atoms with E-state index < -0.39 is 17.4 Å². The monoisotopic (exact) mass is 364 g/mol. The Hall–Kier alpha value is -2.58. The highest BCUT2D eigenvalue weighted by Gasteiger charge is 2.16. The van der Waals surface area contributed by atoms with Crippen molar-refractivity contribution in [1.29, 1.82) is 0 Å². The second-order valence-electron chi connectivity index (χ2n) is 5.69. The molecule has 3 rings (SSSR count). The fourth-order valence-electron chi connectivity index (χ4n) is 2.54. The van der Waals surface area contributed by atoms with E-state index in [9.17, 15) is 14.7 Å². The van der Waals surface area contributed by atoms with Crippen molar-refractivity contribution in [3.05, 3.63) is 56.5 Å². The first kappa shape index (κ1) is 17.2. The number of fused-ring (bicyclic) bond motifs is 1. The third kappa shape index (κ3) is 3.31. The Balaban J connectivity index is 1.80. The quantitative estimate of drug-likeness (QED) is 0.713. The van der Waals surface area contributed by atoms with Gasteiger partial charge in [0, 0.05) is 19.1 Å². The highest BCUT2D eigenvalue weighted by molar-refractivity contribution is 6.30. The lowest BCUT2D eigenvalue weighted by Crippen LogP contribution is -2.38. The van der Waals surface area contributed by atoms with Crippen molar-refractivity contribution in [2.24, 2.45) is 14.1 Å². The minimum Gasteiger partial charge on any atom is -0.491 e. The second-order valence-corrected chi connectivity index (χ2v) is 6.13. The van der Waals surface area contributed by atoms with Crippen LogP contribution in [-0.2, 0) is 20.6 Å². The molecular formula is C16H17ClN4O4. The van der Waals surface area contributed by atoms with Crippen molar-refractivity contribution in [1.82, 2.24) is 18.7 Å². The molecule has 0 fully saturated rings. The number of benzene rings is 1. The van der Waals surface area contributed by atoms with Crippen LogP contribution in [0.5, 0.6) is 5.75 Å². The molecule has 1 aromatic carbocycles. The van der Waals surface area contributed by atoms with Gasteiger partial charge in [0.25, 0.3) is 5.56 Å². The number of ether oxygens (including phenoxy) is 1. The molecule has 132 valence electrons. The minimum atomic E-state index is -0.866. The molecular weight excluding hydrogens is 348 g/mol. The van der Waals surface area contributed by atoms with Crippen LogP contribution in [0.1, 0.15) is 0 Å². The van der Waals surface area contributed by atoms with E-state index in [0.29, 0.717) is 10.8 Å². The third-order valence-electron chi connectivity index (χ3n) is 3.88. The molecule has 2 heterocycles. The molecule has 0 aliphatic heterocycles. The van der Waals surface area contributed by atoms with Crippen molar-refractivity contribution >= 4 is 22.8 Å². The van der Waals surface area contributed by atoms with Crippen molar-refractivity contribution < 1.29 is 9.84 Å². The molecule has 3 aromatic rings. The standard InChI is InChI=1S/C16H17ClN4O4/c1-19-14-13(15(23)20(2)16(19)24)21(9-18-14)7-11(22)8-25-12-5-3-10(17)4-6-12/h3-6,9,11,22H,7-8H2,1-2H3. The number of hydrogen-bond donors (Lipinski definition) is 1. The summed E-state index contributed by atoms with van der Waals surface area (Å²) >= 11 is 5.81. The zero-order valence-corrected chi connectivity index (χ0v) is 14.5. The fourth-order valence-corrected chi connectivity index (χ4v) is 2.66. The predicted molar refractivity (Wildman–Crippen MR) is 93.2 cm³/mol. The molecule has 0 saturated heterocycles. The molecule has 9 heteroatoms. The summed E-state index contributed by atoms with van der Waals surface area (Å²) in [4.78, 5) is 28.4. The summed E-state index contributed by atoms with van der Waals surface area (Å²) in [5.41, 5.74) is -0.371. The summed E-state index contributed by atoms with van der Waals surface area (Å²) in [5.74, 6) is 0.581. The molecule has 1 N–H and O–H groups in total. The Morgan fingerprint density at radius 1 is 1.20 bits per heavy atom. The highest BCUT2D eigenvalue weighted by Crippen LogP contribution is 2.16. The van der Waals surface area contributed by atoms with E-state index in [4.69, 9.17) is 16.3 Å². The van der Waals surface area contributed by atoms with Crippen LogP contribution < -0.4 is 16.0 Å². The van der Waals surface area contributed by atoms with Gasteiger partial charge in [-0.1, -0.05) is 11.6 Å². The van der Waals surface area contributed by atoms with Crippen molar-refractivity contribution in [3.63, 3.8) is 0 Å². The number of aliphatic hydroxyl groups is 1. The van der Waals surface area contributed by atoms with Gasteiger partial charge in [-0.3, -0.25) is 13.9 Å². The zero-order chi connectivity index (χ0) is 18.1. The molecule has 0 aliphatic carbocycles. The zero-order valence-electron chi connectivity index (χ0n) is 13.7. The van der Waals surface area contributed by atoms with Gasteiger partial charge in [-0.15, -0.1) is 0 Å².